The van der Waals surface area contributed by atoms with Crippen LogP contribution in [0.1, 0.15) is 0 Å². The van der Waals surface area contributed by atoms with E-state index in [0.717, 1.165) is 18.2 Å². The zero-order valence-corrected chi connectivity index (χ0v) is 10.1. The van der Waals surface area contributed by atoms with E-state index >= 15 is 0 Å². The fourth-order valence-electron chi connectivity index (χ4n) is 1.12. The summed E-state index contributed by atoms with van der Waals surface area (Å²) in [7, 11) is 0.394. The summed E-state index contributed by atoms with van der Waals surface area (Å²) < 4.78 is 66.9. The summed E-state index contributed by atoms with van der Waals surface area (Å²) in [5.74, 6) is -7.44. The molecule has 19 heavy (non-hydrogen) atoms. The summed E-state index contributed by atoms with van der Waals surface area (Å²) in [6.07, 6.45) is -5.56. The highest BCUT2D eigenvalue weighted by molar-refractivity contribution is 6.31. The molecule has 0 aliphatic carbocycles. The lowest BCUT2D eigenvalue weighted by atomic mass is 10.2. The third kappa shape index (κ3) is 3.13. The summed E-state index contributed by atoms with van der Waals surface area (Å²) in [6.45, 7) is 0. The highest BCUT2D eigenvalue weighted by atomic mass is 35.5. The highest BCUT2D eigenvalue weighted by Crippen LogP contribution is 2.35. The molecule has 0 radical (unpaired) electrons. The van der Waals surface area contributed by atoms with Gasteiger partial charge in [-0.25, -0.2) is 4.39 Å². The van der Waals surface area contributed by atoms with E-state index in [1.807, 2.05) is 0 Å². The van der Waals surface area contributed by atoms with E-state index in [-0.39, 0.29) is 5.69 Å². The van der Waals surface area contributed by atoms with Crippen molar-refractivity contribution in [3.8, 4) is 0 Å². The summed E-state index contributed by atoms with van der Waals surface area (Å²) in [6, 6.07) is 2.56. The van der Waals surface area contributed by atoms with Crippen molar-refractivity contribution in [2.24, 2.45) is 0 Å². The van der Waals surface area contributed by atoms with Crippen molar-refractivity contribution in [2.45, 2.75) is 12.0 Å². The van der Waals surface area contributed by atoms with E-state index in [9.17, 15) is 26.7 Å². The Morgan fingerprint density at radius 1 is 1.32 bits per heavy atom. The van der Waals surface area contributed by atoms with E-state index < -0.39 is 28.8 Å². The average molecular weight is 304 g/mol. The van der Waals surface area contributed by atoms with E-state index in [4.69, 9.17) is 11.6 Å². The number of ether oxygens (including phenoxy) is 1. The first kappa shape index (κ1) is 15.6. The van der Waals surface area contributed by atoms with Gasteiger partial charge < -0.3 is 10.1 Å². The lowest BCUT2D eigenvalue weighted by Gasteiger charge is -2.24. The molecule has 1 atom stereocenters. The van der Waals surface area contributed by atoms with Crippen LogP contribution in [0.15, 0.2) is 18.2 Å². The molecule has 0 fully saturated rings. The fraction of sp³-hybridized carbons (Fsp3) is 0.300. The quantitative estimate of drug-likeness (QED) is 0.870. The second-order valence-electron chi connectivity index (χ2n) is 3.38. The minimum atomic E-state index is -5.56. The van der Waals surface area contributed by atoms with Gasteiger partial charge >= 0.3 is 12.0 Å². The standard InChI is InChI=1S/C10H7ClF5NO2/c1-19-9(13,10(14,15)16)8(18)17-5-2-3-7(12)6(11)4-5/h2-4H,1H3,(H,17,18)/t9-/m1/s1. The van der Waals surface area contributed by atoms with E-state index in [2.05, 4.69) is 4.74 Å². The zero-order valence-electron chi connectivity index (χ0n) is 9.32. The van der Waals surface area contributed by atoms with Gasteiger partial charge in [0, 0.05) is 12.8 Å². The van der Waals surface area contributed by atoms with Crippen LogP contribution in [-0.4, -0.2) is 25.0 Å². The predicted octanol–water partition coefficient (Wildman–Crippen LogP) is 3.29. The maximum Gasteiger partial charge on any atom is 0.458 e. The van der Waals surface area contributed by atoms with Gasteiger partial charge in [-0.2, -0.15) is 17.6 Å². The van der Waals surface area contributed by atoms with Crippen LogP contribution >= 0.6 is 11.6 Å². The van der Waals surface area contributed by atoms with Gasteiger partial charge in [0.25, 0.3) is 5.91 Å². The summed E-state index contributed by atoms with van der Waals surface area (Å²) in [4.78, 5) is 11.2. The number of methoxy groups -OCH3 is 1. The summed E-state index contributed by atoms with van der Waals surface area (Å²) in [5, 5.41) is 1.16. The van der Waals surface area contributed by atoms with Crippen molar-refractivity contribution in [3.05, 3.63) is 29.0 Å². The molecule has 3 nitrogen and oxygen atoms in total. The molecular formula is C10H7ClF5NO2. The third-order valence-electron chi connectivity index (χ3n) is 2.12. The number of hydrogen-bond acceptors (Lipinski definition) is 2. The normalized spacial score (nSPS) is 14.9. The van der Waals surface area contributed by atoms with Crippen LogP contribution < -0.4 is 5.32 Å². The Morgan fingerprint density at radius 2 is 1.89 bits per heavy atom. The molecule has 0 aliphatic rings. The van der Waals surface area contributed by atoms with Gasteiger partial charge in [0.15, 0.2) is 0 Å². The molecule has 1 aromatic carbocycles. The van der Waals surface area contributed by atoms with Crippen molar-refractivity contribution in [3.63, 3.8) is 0 Å². The molecule has 106 valence electrons. The Kier molecular flexibility index (Phi) is 4.36. The lowest BCUT2D eigenvalue weighted by molar-refractivity contribution is -0.305. The molecule has 0 aromatic heterocycles. The summed E-state index contributed by atoms with van der Waals surface area (Å²) in [5.41, 5.74) is -0.306. The maximum absolute atomic E-state index is 13.4. The molecular weight excluding hydrogens is 297 g/mol. The molecule has 1 aromatic rings. The van der Waals surface area contributed by atoms with E-state index in [1.54, 1.807) is 5.32 Å². The van der Waals surface area contributed by atoms with Crippen LogP contribution in [0.25, 0.3) is 0 Å². The van der Waals surface area contributed by atoms with Crippen LogP contribution in [0, 0.1) is 5.82 Å². The third-order valence-corrected chi connectivity index (χ3v) is 2.41. The van der Waals surface area contributed by atoms with Gasteiger partial charge in [0.2, 0.25) is 0 Å². The van der Waals surface area contributed by atoms with E-state index in [0.29, 0.717) is 7.11 Å². The van der Waals surface area contributed by atoms with Gasteiger partial charge in [0.05, 0.1) is 5.02 Å². The van der Waals surface area contributed by atoms with Crippen molar-refractivity contribution < 1.29 is 31.5 Å². The molecule has 0 aliphatic heterocycles. The molecule has 1 N–H and O–H groups in total. The van der Waals surface area contributed by atoms with Gasteiger partial charge in [0.1, 0.15) is 5.82 Å². The number of benzene rings is 1. The number of amides is 1. The monoisotopic (exact) mass is 303 g/mol. The fourth-order valence-corrected chi connectivity index (χ4v) is 1.30. The SMILES string of the molecule is CO[C@](F)(C(=O)Nc1ccc(F)c(Cl)c1)C(F)(F)F. The highest BCUT2D eigenvalue weighted by Gasteiger charge is 2.63. The largest absolute Gasteiger partial charge is 0.458 e. The van der Waals surface area contributed by atoms with E-state index in [1.165, 1.54) is 0 Å². The second kappa shape index (κ2) is 5.30. The number of hydrogen-bond donors (Lipinski definition) is 1. The molecule has 0 heterocycles. The Bertz CT molecular complexity index is 493. The van der Waals surface area contributed by atoms with Gasteiger partial charge in [-0.3, -0.25) is 4.79 Å². The topological polar surface area (TPSA) is 38.3 Å². The zero-order chi connectivity index (χ0) is 14.8. The van der Waals surface area contributed by atoms with Gasteiger partial charge in [-0.15, -0.1) is 0 Å². The number of nitrogens with one attached hydrogen (secondary N) is 1. The Hall–Kier alpha value is -1.41. The first-order chi connectivity index (χ1) is 8.61. The van der Waals surface area contributed by atoms with Crippen LogP contribution in [0.4, 0.5) is 27.6 Å². The molecule has 1 amide bonds. The Labute approximate surface area is 109 Å². The maximum atomic E-state index is 13.4. The minimum Gasteiger partial charge on any atom is -0.335 e. The number of halogens is 6. The average Bonchev–Trinajstić information content (AvgIpc) is 2.31. The smallest absolute Gasteiger partial charge is 0.335 e. The molecule has 9 heteroatoms. The molecule has 0 spiro atoms. The predicted molar refractivity (Wildman–Crippen MR) is 56.9 cm³/mol. The van der Waals surface area contributed by atoms with Crippen molar-refractivity contribution >= 4 is 23.2 Å². The Morgan fingerprint density at radius 3 is 2.32 bits per heavy atom. The first-order valence-electron chi connectivity index (χ1n) is 4.69. The molecule has 0 bridgehead atoms. The molecule has 0 saturated heterocycles. The number of alkyl halides is 4. The minimum absolute atomic E-state index is 0.306. The molecule has 1 rings (SSSR count). The van der Waals surface area contributed by atoms with Crippen molar-refractivity contribution in [1.82, 2.24) is 0 Å². The van der Waals surface area contributed by atoms with Crippen LogP contribution in [0.2, 0.25) is 5.02 Å². The second-order valence-corrected chi connectivity index (χ2v) is 3.79. The summed E-state index contributed by atoms with van der Waals surface area (Å²) >= 11 is 5.36. The lowest BCUT2D eigenvalue weighted by Crippen LogP contribution is -2.52. The van der Waals surface area contributed by atoms with Gasteiger partial charge in [-0.1, -0.05) is 11.6 Å². The van der Waals surface area contributed by atoms with Crippen LogP contribution in [-0.2, 0) is 9.53 Å². The number of anilines is 1. The number of carbonyl (C=O) groups excluding carboxylic acids is 1. The van der Waals surface area contributed by atoms with Crippen LogP contribution in [0.5, 0.6) is 0 Å². The number of carbonyl (C=O) groups is 1. The first-order valence-corrected chi connectivity index (χ1v) is 5.07. The van der Waals surface area contributed by atoms with Gasteiger partial charge in [-0.05, 0) is 18.2 Å². The molecule has 0 unspecified atom stereocenters. The van der Waals surface area contributed by atoms with Crippen LogP contribution in [0.3, 0.4) is 0 Å². The van der Waals surface area contributed by atoms with Crippen molar-refractivity contribution in [1.29, 1.82) is 0 Å². The molecule has 0 saturated carbocycles. The number of rotatable bonds is 3. The van der Waals surface area contributed by atoms with Crippen molar-refractivity contribution in [2.75, 3.05) is 12.4 Å². The Balaban J connectivity index is 2.98.